The van der Waals surface area contributed by atoms with Crippen LogP contribution in [0.2, 0.25) is 0 Å². The second-order valence-corrected chi connectivity index (χ2v) is 5.52. The monoisotopic (exact) mass is 328 g/mol. The SMILES string of the molecule is Cc1noc(-c2ccc(N3CCOC(c4nnnn4C)C3)nc2)n1. The van der Waals surface area contributed by atoms with Crippen LogP contribution in [0.1, 0.15) is 17.8 Å². The van der Waals surface area contributed by atoms with Crippen molar-refractivity contribution in [3.05, 3.63) is 30.0 Å². The largest absolute Gasteiger partial charge is 0.366 e. The second-order valence-electron chi connectivity index (χ2n) is 5.52. The van der Waals surface area contributed by atoms with Crippen LogP contribution < -0.4 is 4.90 Å². The van der Waals surface area contributed by atoms with E-state index < -0.39 is 0 Å². The first-order valence-corrected chi connectivity index (χ1v) is 7.56. The molecule has 1 unspecified atom stereocenters. The molecule has 0 N–H and O–H groups in total. The van der Waals surface area contributed by atoms with E-state index in [0.717, 1.165) is 17.9 Å². The summed E-state index contributed by atoms with van der Waals surface area (Å²) < 4.78 is 12.6. The van der Waals surface area contributed by atoms with Gasteiger partial charge in [-0.3, -0.25) is 0 Å². The molecule has 10 nitrogen and oxygen atoms in total. The van der Waals surface area contributed by atoms with Gasteiger partial charge in [-0.25, -0.2) is 9.67 Å². The highest BCUT2D eigenvalue weighted by molar-refractivity contribution is 5.54. The lowest BCUT2D eigenvalue weighted by Crippen LogP contribution is -2.39. The highest BCUT2D eigenvalue weighted by Crippen LogP contribution is 2.24. The number of rotatable bonds is 3. The van der Waals surface area contributed by atoms with E-state index in [4.69, 9.17) is 9.26 Å². The van der Waals surface area contributed by atoms with Gasteiger partial charge in [0.1, 0.15) is 11.9 Å². The maximum Gasteiger partial charge on any atom is 0.259 e. The Balaban J connectivity index is 1.52. The van der Waals surface area contributed by atoms with Crippen molar-refractivity contribution in [1.82, 2.24) is 35.3 Å². The maximum absolute atomic E-state index is 5.78. The number of tetrazole rings is 1. The van der Waals surface area contributed by atoms with Crippen molar-refractivity contribution in [3.63, 3.8) is 0 Å². The van der Waals surface area contributed by atoms with Gasteiger partial charge < -0.3 is 14.2 Å². The van der Waals surface area contributed by atoms with E-state index in [1.165, 1.54) is 0 Å². The molecule has 10 heteroatoms. The number of ether oxygens (including phenoxy) is 1. The van der Waals surface area contributed by atoms with E-state index in [1.54, 1.807) is 24.9 Å². The summed E-state index contributed by atoms with van der Waals surface area (Å²) in [7, 11) is 1.80. The Bertz CT molecular complexity index is 827. The van der Waals surface area contributed by atoms with Gasteiger partial charge in [-0.1, -0.05) is 5.16 Å². The summed E-state index contributed by atoms with van der Waals surface area (Å²) in [6.45, 7) is 3.77. The number of nitrogens with zero attached hydrogens (tertiary/aromatic N) is 8. The molecular weight excluding hydrogens is 312 g/mol. The van der Waals surface area contributed by atoms with Crippen molar-refractivity contribution in [2.75, 3.05) is 24.6 Å². The average molecular weight is 328 g/mol. The van der Waals surface area contributed by atoms with Crippen LogP contribution in [0.25, 0.3) is 11.5 Å². The highest BCUT2D eigenvalue weighted by Gasteiger charge is 2.26. The van der Waals surface area contributed by atoms with Gasteiger partial charge in [0.25, 0.3) is 5.89 Å². The molecule has 4 heterocycles. The van der Waals surface area contributed by atoms with Gasteiger partial charge in [0.15, 0.2) is 11.6 Å². The molecule has 1 aliphatic heterocycles. The Morgan fingerprint density at radius 2 is 2.21 bits per heavy atom. The summed E-state index contributed by atoms with van der Waals surface area (Å²) >= 11 is 0. The molecule has 124 valence electrons. The van der Waals surface area contributed by atoms with Crippen LogP contribution in [-0.4, -0.2) is 55.0 Å². The summed E-state index contributed by atoms with van der Waals surface area (Å²) in [5.74, 6) is 2.63. The first-order chi connectivity index (χ1) is 11.7. The van der Waals surface area contributed by atoms with Crippen LogP contribution in [-0.2, 0) is 11.8 Å². The number of aryl methyl sites for hydroxylation is 2. The van der Waals surface area contributed by atoms with Gasteiger partial charge in [0.2, 0.25) is 0 Å². The maximum atomic E-state index is 5.78. The van der Waals surface area contributed by atoms with E-state index in [2.05, 4.69) is 35.5 Å². The molecule has 4 rings (SSSR count). The van der Waals surface area contributed by atoms with Crippen LogP contribution in [0.3, 0.4) is 0 Å². The lowest BCUT2D eigenvalue weighted by Gasteiger charge is -2.32. The third kappa shape index (κ3) is 2.71. The van der Waals surface area contributed by atoms with Crippen molar-refractivity contribution >= 4 is 5.82 Å². The molecule has 1 fully saturated rings. The molecule has 0 radical (unpaired) electrons. The number of morpholine rings is 1. The van der Waals surface area contributed by atoms with Gasteiger partial charge in [0.05, 0.1) is 18.7 Å². The zero-order valence-corrected chi connectivity index (χ0v) is 13.3. The van der Waals surface area contributed by atoms with Crippen molar-refractivity contribution in [1.29, 1.82) is 0 Å². The quantitative estimate of drug-likeness (QED) is 0.680. The number of hydrogen-bond acceptors (Lipinski definition) is 9. The Labute approximate surface area is 137 Å². The lowest BCUT2D eigenvalue weighted by atomic mass is 10.2. The van der Waals surface area contributed by atoms with Gasteiger partial charge in [0, 0.05) is 19.8 Å². The van der Waals surface area contributed by atoms with E-state index >= 15 is 0 Å². The minimum absolute atomic E-state index is 0.182. The number of pyridine rings is 1. The Hall–Kier alpha value is -2.88. The topological polar surface area (TPSA) is 108 Å². The van der Waals surface area contributed by atoms with Gasteiger partial charge >= 0.3 is 0 Å². The van der Waals surface area contributed by atoms with Crippen LogP contribution in [0.5, 0.6) is 0 Å². The van der Waals surface area contributed by atoms with Crippen molar-refractivity contribution < 1.29 is 9.26 Å². The molecule has 0 bridgehead atoms. The molecule has 1 atom stereocenters. The molecule has 0 spiro atoms. The van der Waals surface area contributed by atoms with E-state index in [1.807, 2.05) is 12.1 Å². The summed E-state index contributed by atoms with van der Waals surface area (Å²) in [6, 6.07) is 3.86. The molecule has 0 aromatic carbocycles. The first kappa shape index (κ1) is 14.7. The third-order valence-corrected chi connectivity index (χ3v) is 3.85. The smallest absolute Gasteiger partial charge is 0.259 e. The average Bonchev–Trinajstić information content (AvgIpc) is 3.24. The van der Waals surface area contributed by atoms with Crippen LogP contribution >= 0.6 is 0 Å². The summed E-state index contributed by atoms with van der Waals surface area (Å²) in [5.41, 5.74) is 0.793. The Morgan fingerprint density at radius 1 is 1.29 bits per heavy atom. The number of anilines is 1. The van der Waals surface area contributed by atoms with Crippen molar-refractivity contribution in [2.24, 2.45) is 7.05 Å². The number of hydrogen-bond donors (Lipinski definition) is 0. The standard InChI is InChI=1S/C14H16N8O2/c1-9-16-14(24-18-9)10-3-4-12(15-7-10)22-5-6-23-11(8-22)13-17-19-20-21(13)2/h3-4,7,11H,5-6,8H2,1-2H3. The molecule has 0 aliphatic carbocycles. The van der Waals surface area contributed by atoms with E-state index in [-0.39, 0.29) is 6.10 Å². The summed E-state index contributed by atoms with van der Waals surface area (Å²) in [4.78, 5) is 10.9. The predicted molar refractivity (Wildman–Crippen MR) is 82.0 cm³/mol. The van der Waals surface area contributed by atoms with Crippen molar-refractivity contribution in [2.45, 2.75) is 13.0 Å². The lowest BCUT2D eigenvalue weighted by molar-refractivity contribution is 0.0313. The molecular formula is C14H16N8O2. The van der Waals surface area contributed by atoms with E-state index in [9.17, 15) is 0 Å². The van der Waals surface area contributed by atoms with Gasteiger partial charge in [-0.15, -0.1) is 5.10 Å². The van der Waals surface area contributed by atoms with Gasteiger partial charge in [-0.05, 0) is 29.5 Å². The molecule has 1 aliphatic rings. The minimum Gasteiger partial charge on any atom is -0.366 e. The molecule has 3 aromatic rings. The Kier molecular flexibility index (Phi) is 3.65. The first-order valence-electron chi connectivity index (χ1n) is 7.56. The number of aromatic nitrogens is 7. The van der Waals surface area contributed by atoms with Crippen LogP contribution in [0.15, 0.2) is 22.9 Å². The van der Waals surface area contributed by atoms with Crippen molar-refractivity contribution in [3.8, 4) is 11.5 Å². The zero-order chi connectivity index (χ0) is 16.5. The zero-order valence-electron chi connectivity index (χ0n) is 13.3. The van der Waals surface area contributed by atoms with Crippen LogP contribution in [0, 0.1) is 6.92 Å². The fourth-order valence-corrected chi connectivity index (χ4v) is 2.64. The molecule has 24 heavy (non-hydrogen) atoms. The molecule has 0 saturated carbocycles. The predicted octanol–water partition coefficient (Wildman–Crippen LogP) is 0.541. The summed E-state index contributed by atoms with van der Waals surface area (Å²) in [5, 5.41) is 15.3. The molecule has 0 amide bonds. The van der Waals surface area contributed by atoms with E-state index in [0.29, 0.717) is 30.7 Å². The normalized spacial score (nSPS) is 18.1. The second kappa shape index (κ2) is 5.96. The minimum atomic E-state index is -0.182. The third-order valence-electron chi connectivity index (χ3n) is 3.85. The molecule has 1 saturated heterocycles. The van der Waals surface area contributed by atoms with Crippen LogP contribution in [0.4, 0.5) is 5.82 Å². The highest BCUT2D eigenvalue weighted by atomic mass is 16.5. The fourth-order valence-electron chi connectivity index (χ4n) is 2.64. The summed E-state index contributed by atoms with van der Waals surface area (Å²) in [6.07, 6.45) is 1.55. The fraction of sp³-hybridized carbons (Fsp3) is 0.429. The van der Waals surface area contributed by atoms with Gasteiger partial charge in [-0.2, -0.15) is 4.98 Å². The Morgan fingerprint density at radius 3 is 2.88 bits per heavy atom. The molecule has 3 aromatic heterocycles.